The molecule has 0 aromatic carbocycles. The van der Waals surface area contributed by atoms with Gasteiger partial charge in [0.15, 0.2) is 0 Å². The van der Waals surface area contributed by atoms with Gasteiger partial charge in [-0.25, -0.2) is 0 Å². The first kappa shape index (κ1) is 11.0. The molecule has 1 saturated carbocycles. The fraction of sp³-hybridized carbons (Fsp3) is 1.00. The van der Waals surface area contributed by atoms with E-state index < -0.39 is 0 Å². The van der Waals surface area contributed by atoms with E-state index in [9.17, 15) is 0 Å². The highest BCUT2D eigenvalue weighted by molar-refractivity contribution is 5.02. The molecule has 1 N–H and O–H groups in total. The normalized spacial score (nSPS) is 31.8. The minimum Gasteiger partial charge on any atom is -0.381 e. The lowest BCUT2D eigenvalue weighted by atomic mass is 9.64. The van der Waals surface area contributed by atoms with Gasteiger partial charge in [-0.1, -0.05) is 27.7 Å². The van der Waals surface area contributed by atoms with E-state index in [-0.39, 0.29) is 0 Å². The SMILES string of the molecule is CO[C@H]1C[C@@H](NCC(C)C)C1(C)C. The van der Waals surface area contributed by atoms with Gasteiger partial charge in [0.05, 0.1) is 6.10 Å². The summed E-state index contributed by atoms with van der Waals surface area (Å²) in [4.78, 5) is 0. The first-order chi connectivity index (χ1) is 5.98. The van der Waals surface area contributed by atoms with Crippen LogP contribution in [0.15, 0.2) is 0 Å². The number of methoxy groups -OCH3 is 1. The standard InChI is InChI=1S/C11H23NO/c1-8(2)7-12-9-6-10(13-5)11(9,3)4/h8-10,12H,6-7H2,1-5H3/t9-,10+/m1/s1. The lowest BCUT2D eigenvalue weighted by Gasteiger charge is -2.51. The smallest absolute Gasteiger partial charge is 0.0652 e. The van der Waals surface area contributed by atoms with Crippen LogP contribution in [0.2, 0.25) is 0 Å². The Morgan fingerprint density at radius 2 is 2.08 bits per heavy atom. The second-order valence-electron chi connectivity index (χ2n) is 5.14. The van der Waals surface area contributed by atoms with Gasteiger partial charge >= 0.3 is 0 Å². The van der Waals surface area contributed by atoms with E-state index in [2.05, 4.69) is 33.0 Å². The van der Waals surface area contributed by atoms with Gasteiger partial charge in [0, 0.05) is 18.6 Å². The molecule has 0 bridgehead atoms. The summed E-state index contributed by atoms with van der Waals surface area (Å²) in [5, 5.41) is 3.59. The highest BCUT2D eigenvalue weighted by Gasteiger charge is 2.48. The molecule has 2 heteroatoms. The van der Waals surface area contributed by atoms with Crippen molar-refractivity contribution in [3.63, 3.8) is 0 Å². The summed E-state index contributed by atoms with van der Waals surface area (Å²) in [6.45, 7) is 10.2. The maximum atomic E-state index is 5.40. The zero-order valence-corrected chi connectivity index (χ0v) is 9.55. The summed E-state index contributed by atoms with van der Waals surface area (Å²) >= 11 is 0. The lowest BCUT2D eigenvalue weighted by molar-refractivity contribution is -0.0978. The molecule has 0 spiro atoms. The van der Waals surface area contributed by atoms with Crippen LogP contribution >= 0.6 is 0 Å². The molecule has 13 heavy (non-hydrogen) atoms. The molecule has 78 valence electrons. The Balaban J connectivity index is 2.31. The van der Waals surface area contributed by atoms with Crippen molar-refractivity contribution in [3.8, 4) is 0 Å². The Morgan fingerprint density at radius 3 is 2.46 bits per heavy atom. The molecule has 1 rings (SSSR count). The van der Waals surface area contributed by atoms with Gasteiger partial charge in [-0.2, -0.15) is 0 Å². The molecule has 0 saturated heterocycles. The molecule has 0 unspecified atom stereocenters. The summed E-state index contributed by atoms with van der Waals surface area (Å²) in [7, 11) is 1.81. The molecule has 1 aliphatic rings. The second-order valence-corrected chi connectivity index (χ2v) is 5.14. The van der Waals surface area contributed by atoms with E-state index in [1.165, 1.54) is 0 Å². The Hall–Kier alpha value is -0.0800. The maximum Gasteiger partial charge on any atom is 0.0652 e. The lowest BCUT2D eigenvalue weighted by Crippen LogP contribution is -2.61. The van der Waals surface area contributed by atoms with Gasteiger partial charge in [-0.15, -0.1) is 0 Å². The second kappa shape index (κ2) is 3.97. The third-order valence-corrected chi connectivity index (χ3v) is 3.23. The van der Waals surface area contributed by atoms with Crippen LogP contribution in [0.1, 0.15) is 34.1 Å². The first-order valence-corrected chi connectivity index (χ1v) is 5.24. The highest BCUT2D eigenvalue weighted by atomic mass is 16.5. The molecular weight excluding hydrogens is 162 g/mol. The van der Waals surface area contributed by atoms with Gasteiger partial charge in [0.25, 0.3) is 0 Å². The topological polar surface area (TPSA) is 21.3 Å². The van der Waals surface area contributed by atoms with E-state index >= 15 is 0 Å². The predicted octanol–water partition coefficient (Wildman–Crippen LogP) is 2.05. The Bertz CT molecular complexity index is 165. The molecule has 0 aromatic rings. The fourth-order valence-corrected chi connectivity index (χ4v) is 2.01. The molecule has 0 amide bonds. The van der Waals surface area contributed by atoms with Crippen LogP contribution in [0.5, 0.6) is 0 Å². The van der Waals surface area contributed by atoms with Crippen molar-refractivity contribution >= 4 is 0 Å². The molecule has 0 radical (unpaired) electrons. The minimum atomic E-state index is 0.309. The summed E-state index contributed by atoms with van der Waals surface area (Å²) in [6, 6.07) is 0.639. The number of nitrogens with one attached hydrogen (secondary N) is 1. The third kappa shape index (κ3) is 2.23. The van der Waals surface area contributed by atoms with E-state index in [1.54, 1.807) is 0 Å². The van der Waals surface area contributed by atoms with Gasteiger partial charge in [0.2, 0.25) is 0 Å². The molecule has 2 atom stereocenters. The third-order valence-electron chi connectivity index (χ3n) is 3.23. The van der Waals surface area contributed by atoms with Crippen LogP contribution in [0.25, 0.3) is 0 Å². The van der Waals surface area contributed by atoms with Crippen molar-refractivity contribution in [2.24, 2.45) is 11.3 Å². The van der Waals surface area contributed by atoms with Crippen molar-refractivity contribution in [1.82, 2.24) is 5.32 Å². The zero-order chi connectivity index (χ0) is 10.1. The van der Waals surface area contributed by atoms with Crippen LogP contribution in [-0.4, -0.2) is 25.8 Å². The van der Waals surface area contributed by atoms with E-state index in [0.29, 0.717) is 17.6 Å². The van der Waals surface area contributed by atoms with Crippen LogP contribution in [0, 0.1) is 11.3 Å². The number of rotatable bonds is 4. The summed E-state index contributed by atoms with van der Waals surface area (Å²) in [6.07, 6.45) is 1.60. The van der Waals surface area contributed by atoms with Crippen molar-refractivity contribution in [3.05, 3.63) is 0 Å². The van der Waals surface area contributed by atoms with Gasteiger partial charge in [0.1, 0.15) is 0 Å². The average Bonchev–Trinajstić information content (AvgIpc) is 2.02. The molecule has 0 aromatic heterocycles. The van der Waals surface area contributed by atoms with Gasteiger partial charge in [-0.05, 0) is 18.9 Å². The quantitative estimate of drug-likeness (QED) is 0.723. The average molecular weight is 185 g/mol. The maximum absolute atomic E-state index is 5.40. The van der Waals surface area contributed by atoms with Crippen LogP contribution in [0.3, 0.4) is 0 Å². The van der Waals surface area contributed by atoms with E-state index in [4.69, 9.17) is 4.74 Å². The molecule has 0 heterocycles. The van der Waals surface area contributed by atoms with Crippen LogP contribution in [-0.2, 0) is 4.74 Å². The Labute approximate surface area is 82.0 Å². The van der Waals surface area contributed by atoms with E-state index in [1.807, 2.05) is 7.11 Å². The van der Waals surface area contributed by atoms with Crippen molar-refractivity contribution < 1.29 is 4.74 Å². The number of hydrogen-bond acceptors (Lipinski definition) is 2. The number of ether oxygens (including phenoxy) is 1. The van der Waals surface area contributed by atoms with Crippen molar-refractivity contribution in [2.45, 2.75) is 46.3 Å². The monoisotopic (exact) mass is 185 g/mol. The molecule has 1 aliphatic carbocycles. The molecule has 0 aliphatic heterocycles. The molecule has 2 nitrogen and oxygen atoms in total. The summed E-state index contributed by atoms with van der Waals surface area (Å²) < 4.78 is 5.40. The van der Waals surface area contributed by atoms with E-state index in [0.717, 1.165) is 18.9 Å². The molecule has 1 fully saturated rings. The zero-order valence-electron chi connectivity index (χ0n) is 9.55. The van der Waals surface area contributed by atoms with Crippen molar-refractivity contribution in [1.29, 1.82) is 0 Å². The van der Waals surface area contributed by atoms with Crippen LogP contribution in [0.4, 0.5) is 0 Å². The Morgan fingerprint density at radius 1 is 1.46 bits per heavy atom. The Kier molecular flexibility index (Phi) is 3.36. The highest BCUT2D eigenvalue weighted by Crippen LogP contribution is 2.42. The fourth-order valence-electron chi connectivity index (χ4n) is 2.01. The largest absolute Gasteiger partial charge is 0.381 e. The van der Waals surface area contributed by atoms with Gasteiger partial charge < -0.3 is 10.1 Å². The minimum absolute atomic E-state index is 0.309. The summed E-state index contributed by atoms with van der Waals surface area (Å²) in [5.74, 6) is 0.734. The summed E-state index contributed by atoms with van der Waals surface area (Å²) in [5.41, 5.74) is 0.309. The van der Waals surface area contributed by atoms with Crippen molar-refractivity contribution in [2.75, 3.05) is 13.7 Å². The molecular formula is C11H23NO. The van der Waals surface area contributed by atoms with Crippen LogP contribution < -0.4 is 5.32 Å². The number of hydrogen-bond donors (Lipinski definition) is 1. The first-order valence-electron chi connectivity index (χ1n) is 5.24. The van der Waals surface area contributed by atoms with Gasteiger partial charge in [-0.3, -0.25) is 0 Å². The predicted molar refractivity (Wildman–Crippen MR) is 55.8 cm³/mol.